The van der Waals surface area contributed by atoms with Crippen molar-refractivity contribution in [2.24, 2.45) is 0 Å². The molecule has 0 N–H and O–H groups in total. The zero-order valence-electron chi connectivity index (χ0n) is 9.65. The molecule has 0 spiro atoms. The first-order chi connectivity index (χ1) is 8.19. The zero-order chi connectivity index (χ0) is 12.4. The van der Waals surface area contributed by atoms with Crippen LogP contribution in [0.1, 0.15) is 0 Å². The largest absolute Gasteiger partial charge is 0.493 e. The average Bonchev–Trinajstić information content (AvgIpc) is 2.36. The molecular weight excluding hydrogens is 244 g/mol. The number of hydrogen-bond donors (Lipinski definition) is 0. The van der Waals surface area contributed by atoms with Crippen molar-refractivity contribution in [3.05, 3.63) is 17.3 Å². The Hall–Kier alpha value is -1.75. The van der Waals surface area contributed by atoms with Crippen LogP contribution in [0.4, 0.5) is 0 Å². The highest BCUT2D eigenvalue weighted by Crippen LogP contribution is 2.32. The van der Waals surface area contributed by atoms with Gasteiger partial charge in [0.2, 0.25) is 0 Å². The van der Waals surface area contributed by atoms with E-state index in [1.165, 1.54) is 7.11 Å². The van der Waals surface area contributed by atoms with Gasteiger partial charge >= 0.3 is 0 Å². The number of halogens is 1. The van der Waals surface area contributed by atoms with Gasteiger partial charge in [-0.1, -0.05) is 11.6 Å². The van der Waals surface area contributed by atoms with Gasteiger partial charge in [-0.25, -0.2) is 9.97 Å². The number of benzene rings is 1. The van der Waals surface area contributed by atoms with Crippen LogP contribution in [0, 0.1) is 0 Å². The van der Waals surface area contributed by atoms with Crippen LogP contribution in [0.5, 0.6) is 17.4 Å². The third-order valence-electron chi connectivity index (χ3n) is 2.29. The van der Waals surface area contributed by atoms with Crippen LogP contribution in [0.15, 0.2) is 12.1 Å². The summed E-state index contributed by atoms with van der Waals surface area (Å²) in [6.07, 6.45) is 0. The molecule has 0 unspecified atom stereocenters. The second-order valence-corrected chi connectivity index (χ2v) is 3.58. The highest BCUT2D eigenvalue weighted by Gasteiger charge is 2.11. The van der Waals surface area contributed by atoms with Crippen molar-refractivity contribution in [2.45, 2.75) is 0 Å². The summed E-state index contributed by atoms with van der Waals surface area (Å²) in [6, 6.07) is 3.44. The van der Waals surface area contributed by atoms with Gasteiger partial charge in [0.15, 0.2) is 16.7 Å². The van der Waals surface area contributed by atoms with Crippen molar-refractivity contribution in [2.75, 3.05) is 21.3 Å². The highest BCUT2D eigenvalue weighted by atomic mass is 35.5. The lowest BCUT2D eigenvalue weighted by Crippen LogP contribution is -1.96. The molecule has 1 aromatic heterocycles. The Bertz CT molecular complexity index is 560. The van der Waals surface area contributed by atoms with Crippen LogP contribution in [-0.2, 0) is 0 Å². The molecule has 5 nitrogen and oxygen atoms in total. The summed E-state index contributed by atoms with van der Waals surface area (Å²) in [6.45, 7) is 0. The number of nitrogens with zero attached hydrogens (tertiary/aromatic N) is 2. The maximum absolute atomic E-state index is 5.90. The Kier molecular flexibility index (Phi) is 3.19. The summed E-state index contributed by atoms with van der Waals surface area (Å²) in [7, 11) is 4.61. The molecule has 0 radical (unpaired) electrons. The van der Waals surface area contributed by atoms with Crippen molar-refractivity contribution >= 4 is 22.6 Å². The fourth-order valence-corrected chi connectivity index (χ4v) is 1.69. The molecule has 17 heavy (non-hydrogen) atoms. The van der Waals surface area contributed by atoms with Gasteiger partial charge in [0.1, 0.15) is 0 Å². The number of aromatic nitrogens is 2. The first-order valence-electron chi connectivity index (χ1n) is 4.83. The van der Waals surface area contributed by atoms with E-state index in [1.54, 1.807) is 26.4 Å². The predicted molar refractivity (Wildman–Crippen MR) is 64.2 cm³/mol. The standard InChI is InChI=1S/C11H11ClN2O3/c1-15-8-4-6-7(5-9(8)16-2)14-11(17-3)10(12)13-6/h4-5H,1-3H3. The lowest BCUT2D eigenvalue weighted by atomic mass is 10.2. The van der Waals surface area contributed by atoms with Crippen molar-refractivity contribution < 1.29 is 14.2 Å². The molecule has 2 aromatic rings. The summed E-state index contributed by atoms with van der Waals surface area (Å²) in [5, 5.41) is 0.215. The topological polar surface area (TPSA) is 53.5 Å². The Morgan fingerprint density at radius 1 is 0.882 bits per heavy atom. The van der Waals surface area contributed by atoms with E-state index < -0.39 is 0 Å². The molecule has 1 heterocycles. The first-order valence-corrected chi connectivity index (χ1v) is 5.20. The fourth-order valence-electron chi connectivity index (χ4n) is 1.48. The van der Waals surface area contributed by atoms with Gasteiger partial charge in [-0.05, 0) is 0 Å². The minimum atomic E-state index is 0.215. The maximum Gasteiger partial charge on any atom is 0.252 e. The quantitative estimate of drug-likeness (QED) is 0.841. The number of fused-ring (bicyclic) bond motifs is 1. The van der Waals surface area contributed by atoms with Crippen LogP contribution >= 0.6 is 11.6 Å². The Morgan fingerprint density at radius 2 is 1.41 bits per heavy atom. The number of ether oxygens (including phenoxy) is 3. The molecule has 0 fully saturated rings. The van der Waals surface area contributed by atoms with Crippen LogP contribution < -0.4 is 14.2 Å². The Labute approximate surface area is 103 Å². The maximum atomic E-state index is 5.90. The van der Waals surface area contributed by atoms with E-state index in [-0.39, 0.29) is 11.0 Å². The summed E-state index contributed by atoms with van der Waals surface area (Å²) < 4.78 is 15.4. The van der Waals surface area contributed by atoms with E-state index >= 15 is 0 Å². The van der Waals surface area contributed by atoms with Gasteiger partial charge in [0.05, 0.1) is 32.4 Å². The molecule has 0 atom stereocenters. The second kappa shape index (κ2) is 4.63. The average molecular weight is 255 g/mol. The summed E-state index contributed by atoms with van der Waals surface area (Å²) in [4.78, 5) is 8.40. The minimum absolute atomic E-state index is 0.215. The van der Waals surface area contributed by atoms with E-state index in [1.807, 2.05) is 0 Å². The van der Waals surface area contributed by atoms with Crippen LogP contribution in [0.25, 0.3) is 11.0 Å². The molecule has 0 aliphatic heterocycles. The minimum Gasteiger partial charge on any atom is -0.493 e. The molecule has 1 aromatic carbocycles. The molecule has 90 valence electrons. The van der Waals surface area contributed by atoms with Crippen molar-refractivity contribution in [3.63, 3.8) is 0 Å². The summed E-state index contributed by atoms with van der Waals surface area (Å²) in [5.41, 5.74) is 1.25. The molecule has 0 saturated carbocycles. The predicted octanol–water partition coefficient (Wildman–Crippen LogP) is 2.31. The summed E-state index contributed by atoms with van der Waals surface area (Å²) >= 11 is 5.90. The first kappa shape index (κ1) is 11.7. The van der Waals surface area contributed by atoms with Gasteiger partial charge in [0, 0.05) is 12.1 Å². The summed E-state index contributed by atoms with van der Waals surface area (Å²) in [5.74, 6) is 1.44. The monoisotopic (exact) mass is 254 g/mol. The molecule has 0 saturated heterocycles. The number of rotatable bonds is 3. The van der Waals surface area contributed by atoms with Gasteiger partial charge in [-0.15, -0.1) is 0 Å². The molecule has 0 aliphatic rings. The zero-order valence-corrected chi connectivity index (χ0v) is 10.4. The van der Waals surface area contributed by atoms with E-state index in [4.69, 9.17) is 25.8 Å². The Balaban J connectivity index is 2.70. The lowest BCUT2D eigenvalue weighted by molar-refractivity contribution is 0.355. The lowest BCUT2D eigenvalue weighted by Gasteiger charge is -2.09. The van der Waals surface area contributed by atoms with Crippen LogP contribution in [-0.4, -0.2) is 31.3 Å². The van der Waals surface area contributed by atoms with E-state index in [2.05, 4.69) is 9.97 Å². The molecule has 0 bridgehead atoms. The third-order valence-corrected chi connectivity index (χ3v) is 2.54. The van der Waals surface area contributed by atoms with Crippen LogP contribution in [0.3, 0.4) is 0 Å². The fraction of sp³-hybridized carbons (Fsp3) is 0.273. The SMILES string of the molecule is COc1cc2nc(Cl)c(OC)nc2cc1OC. The highest BCUT2D eigenvalue weighted by molar-refractivity contribution is 6.31. The van der Waals surface area contributed by atoms with E-state index in [9.17, 15) is 0 Å². The van der Waals surface area contributed by atoms with Crippen molar-refractivity contribution in [1.29, 1.82) is 0 Å². The van der Waals surface area contributed by atoms with Gasteiger partial charge in [-0.3, -0.25) is 0 Å². The molecule has 6 heteroatoms. The molecule has 0 amide bonds. The third kappa shape index (κ3) is 2.06. The van der Waals surface area contributed by atoms with Crippen molar-refractivity contribution in [1.82, 2.24) is 9.97 Å². The Morgan fingerprint density at radius 3 is 1.88 bits per heavy atom. The van der Waals surface area contributed by atoms with Crippen LogP contribution in [0.2, 0.25) is 5.15 Å². The van der Waals surface area contributed by atoms with Gasteiger partial charge in [0.25, 0.3) is 5.88 Å². The molecule has 2 rings (SSSR count). The van der Waals surface area contributed by atoms with Gasteiger partial charge < -0.3 is 14.2 Å². The molecule has 0 aliphatic carbocycles. The smallest absolute Gasteiger partial charge is 0.252 e. The molecular formula is C11H11ClN2O3. The number of methoxy groups -OCH3 is 3. The second-order valence-electron chi connectivity index (χ2n) is 3.22. The van der Waals surface area contributed by atoms with Gasteiger partial charge in [-0.2, -0.15) is 0 Å². The number of hydrogen-bond acceptors (Lipinski definition) is 5. The van der Waals surface area contributed by atoms with E-state index in [0.717, 1.165) is 0 Å². The van der Waals surface area contributed by atoms with Crippen molar-refractivity contribution in [3.8, 4) is 17.4 Å². The normalized spacial score (nSPS) is 10.4. The van der Waals surface area contributed by atoms with E-state index in [0.29, 0.717) is 22.5 Å².